The second-order valence-electron chi connectivity index (χ2n) is 12.6. The molecule has 0 spiro atoms. The summed E-state index contributed by atoms with van der Waals surface area (Å²) in [5, 5.41) is 11.1. The maximum atomic E-state index is 13.0. The fourth-order valence-corrected chi connectivity index (χ4v) is 6.26. The van der Waals surface area contributed by atoms with Gasteiger partial charge in [0.25, 0.3) is 0 Å². The van der Waals surface area contributed by atoms with E-state index in [1.165, 1.54) is 14.2 Å². The van der Waals surface area contributed by atoms with Crippen LogP contribution in [0.15, 0.2) is 48.5 Å². The Morgan fingerprint density at radius 2 is 1.00 bits per heavy atom. The Morgan fingerprint density at radius 1 is 0.640 bits per heavy atom. The first-order valence-corrected chi connectivity index (χ1v) is 17.2. The lowest BCUT2D eigenvalue weighted by Crippen LogP contribution is -2.48. The first-order chi connectivity index (χ1) is 24.1. The van der Waals surface area contributed by atoms with Gasteiger partial charge in [0, 0.05) is 37.6 Å². The van der Waals surface area contributed by atoms with Crippen LogP contribution in [0.1, 0.15) is 52.4 Å². The van der Waals surface area contributed by atoms with Crippen molar-refractivity contribution in [2.75, 3.05) is 51.0 Å². The van der Waals surface area contributed by atoms with E-state index in [9.17, 15) is 28.8 Å². The van der Waals surface area contributed by atoms with Gasteiger partial charge in [-0.3, -0.25) is 19.2 Å². The average Bonchev–Trinajstić information content (AvgIpc) is 3.83. The van der Waals surface area contributed by atoms with Gasteiger partial charge in [0.15, 0.2) is 0 Å². The third-order valence-corrected chi connectivity index (χ3v) is 9.09. The number of methoxy groups -OCH3 is 2. The second kappa shape index (κ2) is 18.0. The summed E-state index contributed by atoms with van der Waals surface area (Å²) in [5.74, 6) is -1.51. The van der Waals surface area contributed by atoms with Gasteiger partial charge in [-0.05, 0) is 61.1 Å². The number of alkyl carbamates (subject to hydrolysis) is 2. The summed E-state index contributed by atoms with van der Waals surface area (Å²) in [6, 6.07) is 13.5. The van der Waals surface area contributed by atoms with E-state index >= 15 is 0 Å². The molecule has 50 heavy (non-hydrogen) atoms. The second-order valence-corrected chi connectivity index (χ2v) is 12.6. The molecule has 2 aliphatic heterocycles. The predicted molar refractivity (Wildman–Crippen MR) is 187 cm³/mol. The van der Waals surface area contributed by atoms with Crippen LogP contribution in [0.3, 0.4) is 0 Å². The van der Waals surface area contributed by atoms with E-state index in [4.69, 9.17) is 0 Å². The summed E-state index contributed by atoms with van der Waals surface area (Å²) >= 11 is 0. The normalized spacial score (nSPS) is 18.1. The van der Waals surface area contributed by atoms with Crippen LogP contribution < -0.4 is 21.3 Å². The zero-order chi connectivity index (χ0) is 36.2. The van der Waals surface area contributed by atoms with Gasteiger partial charge >= 0.3 is 12.2 Å². The van der Waals surface area contributed by atoms with Gasteiger partial charge in [0.1, 0.15) is 12.1 Å². The minimum atomic E-state index is -0.690. The van der Waals surface area contributed by atoms with Crippen molar-refractivity contribution in [1.82, 2.24) is 20.4 Å². The molecule has 14 nitrogen and oxygen atoms in total. The summed E-state index contributed by atoms with van der Waals surface area (Å²) in [4.78, 5) is 78.7. The zero-order valence-corrected chi connectivity index (χ0v) is 29.2. The van der Waals surface area contributed by atoms with Crippen LogP contribution in [0.25, 0.3) is 11.1 Å². The monoisotopic (exact) mass is 692 g/mol. The molecule has 270 valence electrons. The van der Waals surface area contributed by atoms with Crippen LogP contribution in [0, 0.1) is 11.8 Å². The number of hydrogen-bond donors (Lipinski definition) is 4. The molecule has 4 atom stereocenters. The lowest BCUT2D eigenvalue weighted by Gasteiger charge is -2.23. The molecule has 2 heterocycles. The Bertz CT molecular complexity index is 1400. The maximum absolute atomic E-state index is 13.0. The van der Waals surface area contributed by atoms with Crippen molar-refractivity contribution in [3.8, 4) is 11.1 Å². The van der Waals surface area contributed by atoms with Crippen LogP contribution in [0.5, 0.6) is 0 Å². The number of nitrogens with one attached hydrogen (secondary N) is 4. The van der Waals surface area contributed by atoms with E-state index in [0.29, 0.717) is 63.0 Å². The number of ether oxygens (including phenoxy) is 2. The highest BCUT2D eigenvalue weighted by molar-refractivity contribution is 5.95. The number of hydrogen-bond acceptors (Lipinski definition) is 8. The molecule has 2 fully saturated rings. The molecule has 0 unspecified atom stereocenters. The number of likely N-dealkylation sites (tertiary alicyclic amines) is 2. The number of amides is 6. The number of carbonyl (C=O) groups is 6. The third kappa shape index (κ3) is 9.95. The lowest BCUT2D eigenvalue weighted by molar-refractivity contribution is -0.133. The largest absolute Gasteiger partial charge is 0.453 e. The van der Waals surface area contributed by atoms with Crippen molar-refractivity contribution in [2.45, 2.75) is 64.5 Å². The molecular weight excluding hydrogens is 644 g/mol. The van der Waals surface area contributed by atoms with Crippen LogP contribution in [-0.2, 0) is 28.7 Å². The summed E-state index contributed by atoms with van der Waals surface area (Å²) in [6.07, 6.45) is 2.11. The summed E-state index contributed by atoms with van der Waals surface area (Å²) < 4.78 is 9.29. The summed E-state index contributed by atoms with van der Waals surface area (Å²) in [5.41, 5.74) is 3.11. The van der Waals surface area contributed by atoms with Crippen molar-refractivity contribution in [1.29, 1.82) is 0 Å². The Balaban J connectivity index is 1.26. The van der Waals surface area contributed by atoms with Crippen LogP contribution in [-0.4, -0.2) is 98.1 Å². The number of rotatable bonds is 13. The molecule has 2 aromatic rings. The van der Waals surface area contributed by atoms with Crippen LogP contribution in [0.2, 0.25) is 0 Å². The quantitative estimate of drug-likeness (QED) is 0.244. The van der Waals surface area contributed by atoms with Crippen molar-refractivity contribution in [2.24, 2.45) is 11.8 Å². The van der Waals surface area contributed by atoms with Crippen molar-refractivity contribution >= 4 is 47.2 Å². The van der Waals surface area contributed by atoms with Crippen LogP contribution in [0.4, 0.5) is 21.0 Å². The highest BCUT2D eigenvalue weighted by atomic mass is 16.5. The number of anilines is 2. The molecule has 0 saturated carbocycles. The smallest absolute Gasteiger partial charge is 0.407 e. The topological polar surface area (TPSA) is 175 Å². The van der Waals surface area contributed by atoms with Gasteiger partial charge in [-0.15, -0.1) is 0 Å². The van der Waals surface area contributed by atoms with Crippen molar-refractivity contribution in [3.63, 3.8) is 0 Å². The third-order valence-electron chi connectivity index (χ3n) is 9.09. The SMILES string of the molecule is CCC[C@H](NC(=O)OC)C(=O)N1CC[C@@H](C(=O)Nc2ccc(-c3ccc(NC(=O)[C@H]4CCN(C(=O)[C@@H](CCC)NC(=O)OC)C4)cc3)cc2)C1. The van der Waals surface area contributed by atoms with Gasteiger partial charge in [-0.25, -0.2) is 9.59 Å². The molecule has 14 heteroatoms. The molecule has 0 radical (unpaired) electrons. The summed E-state index contributed by atoms with van der Waals surface area (Å²) in [6.45, 7) is 5.28. The van der Waals surface area contributed by atoms with Gasteiger partial charge < -0.3 is 40.5 Å². The molecule has 4 rings (SSSR count). The van der Waals surface area contributed by atoms with E-state index in [1.54, 1.807) is 9.80 Å². The zero-order valence-electron chi connectivity index (χ0n) is 29.2. The van der Waals surface area contributed by atoms with E-state index in [0.717, 1.165) is 11.1 Å². The van der Waals surface area contributed by atoms with Crippen molar-refractivity contribution in [3.05, 3.63) is 48.5 Å². The predicted octanol–water partition coefficient (Wildman–Crippen LogP) is 3.98. The van der Waals surface area contributed by atoms with Gasteiger partial charge in [-0.2, -0.15) is 0 Å². The number of nitrogens with zero attached hydrogens (tertiary/aromatic N) is 2. The molecule has 0 aromatic heterocycles. The minimum absolute atomic E-state index is 0.172. The van der Waals surface area contributed by atoms with Gasteiger partial charge in [-0.1, -0.05) is 51.0 Å². The Morgan fingerprint density at radius 3 is 1.32 bits per heavy atom. The first kappa shape index (κ1) is 37.7. The lowest BCUT2D eigenvalue weighted by atomic mass is 10.0. The van der Waals surface area contributed by atoms with Gasteiger partial charge in [0.05, 0.1) is 26.1 Å². The van der Waals surface area contributed by atoms with E-state index in [1.807, 2.05) is 62.4 Å². The molecule has 4 N–H and O–H groups in total. The molecular formula is C36H48N6O8. The molecule has 0 aliphatic carbocycles. The first-order valence-electron chi connectivity index (χ1n) is 17.2. The molecule has 0 bridgehead atoms. The fourth-order valence-electron chi connectivity index (χ4n) is 6.26. The van der Waals surface area contributed by atoms with Crippen molar-refractivity contribution < 1.29 is 38.2 Å². The van der Waals surface area contributed by atoms with E-state index in [-0.39, 0.29) is 48.6 Å². The highest BCUT2D eigenvalue weighted by Gasteiger charge is 2.36. The van der Waals surface area contributed by atoms with E-state index in [2.05, 4.69) is 30.7 Å². The Hall–Kier alpha value is -5.14. The summed E-state index contributed by atoms with van der Waals surface area (Å²) in [7, 11) is 2.50. The molecule has 2 saturated heterocycles. The fraction of sp³-hybridized carbons (Fsp3) is 0.500. The molecule has 6 amide bonds. The Kier molecular flexibility index (Phi) is 13.6. The molecule has 2 aliphatic rings. The highest BCUT2D eigenvalue weighted by Crippen LogP contribution is 2.26. The van der Waals surface area contributed by atoms with Crippen LogP contribution >= 0.6 is 0 Å². The van der Waals surface area contributed by atoms with E-state index < -0.39 is 24.3 Å². The number of benzene rings is 2. The minimum Gasteiger partial charge on any atom is -0.453 e. The standard InChI is InChI=1S/C36H48N6O8/c1-5-7-29(39-35(47)49-3)33(45)41-19-17-25(21-41)31(43)37-27-13-9-23(10-14-27)24-11-15-28(16-12-24)38-32(44)26-18-20-42(22-26)34(46)30(8-6-2)40-36(48)50-4/h9-16,25-26,29-30H,5-8,17-22H2,1-4H3,(H,37,43)(H,38,44)(H,39,47)(H,40,48)/t25-,26+,29+,30-. The van der Waals surface area contributed by atoms with Gasteiger partial charge in [0.2, 0.25) is 23.6 Å². The Labute approximate surface area is 292 Å². The maximum Gasteiger partial charge on any atom is 0.407 e. The average molecular weight is 693 g/mol. The number of carbonyl (C=O) groups excluding carboxylic acids is 6. The molecule has 2 aromatic carbocycles.